The number of para-hydroxylation sites is 1. The summed E-state index contributed by atoms with van der Waals surface area (Å²) < 4.78 is 5.43. The van der Waals surface area contributed by atoms with E-state index < -0.39 is 0 Å². The number of halogens is 1. The lowest BCUT2D eigenvalue weighted by Crippen LogP contribution is -2.22. The van der Waals surface area contributed by atoms with Crippen LogP contribution in [0, 0.1) is 0 Å². The maximum atomic E-state index is 5.67. The molecule has 1 rings (SSSR count). The summed E-state index contributed by atoms with van der Waals surface area (Å²) in [6, 6.07) is 9.82. The summed E-state index contributed by atoms with van der Waals surface area (Å²) in [4.78, 5) is 0. The molecule has 1 unspecified atom stereocenters. The Morgan fingerprint density at radius 2 is 1.92 bits per heavy atom. The second kappa shape index (κ2) is 3.94. The molecule has 0 aliphatic carbocycles. The zero-order valence-electron chi connectivity index (χ0n) is 7.38. The smallest absolute Gasteiger partial charge is 0.160 e. The van der Waals surface area contributed by atoms with Gasteiger partial charge in [0.25, 0.3) is 0 Å². The van der Waals surface area contributed by atoms with Gasteiger partial charge in [0.15, 0.2) is 4.51 Å². The van der Waals surface area contributed by atoms with Crippen molar-refractivity contribution in [3.63, 3.8) is 0 Å². The summed E-state index contributed by atoms with van der Waals surface area (Å²) in [7, 11) is 0. The van der Waals surface area contributed by atoms with E-state index in [-0.39, 0.29) is 4.51 Å². The van der Waals surface area contributed by atoms with Crippen molar-refractivity contribution in [2.75, 3.05) is 0 Å². The van der Waals surface area contributed by atoms with Crippen LogP contribution in [-0.4, -0.2) is 4.51 Å². The van der Waals surface area contributed by atoms with E-state index in [0.717, 1.165) is 12.2 Å². The molecule has 1 aromatic carbocycles. The lowest BCUT2D eigenvalue weighted by atomic mass is 10.3. The van der Waals surface area contributed by atoms with Crippen molar-refractivity contribution in [2.24, 2.45) is 0 Å². The Bertz CT molecular complexity index is 231. The van der Waals surface area contributed by atoms with Gasteiger partial charge in [0, 0.05) is 0 Å². The van der Waals surface area contributed by atoms with Crippen LogP contribution in [0.1, 0.15) is 20.3 Å². The quantitative estimate of drug-likeness (QED) is 0.719. The topological polar surface area (TPSA) is 9.23 Å². The number of rotatable bonds is 3. The highest BCUT2D eigenvalue weighted by Crippen LogP contribution is 2.25. The van der Waals surface area contributed by atoms with Gasteiger partial charge in [-0.1, -0.05) is 25.1 Å². The molecular weight excluding hydrogens is 216 g/mol. The van der Waals surface area contributed by atoms with Gasteiger partial charge in [-0.25, -0.2) is 0 Å². The predicted molar refractivity (Wildman–Crippen MR) is 54.7 cm³/mol. The van der Waals surface area contributed by atoms with Crippen molar-refractivity contribution in [2.45, 2.75) is 24.8 Å². The zero-order chi connectivity index (χ0) is 9.03. The summed E-state index contributed by atoms with van der Waals surface area (Å²) in [5.41, 5.74) is 0. The molecule has 0 heterocycles. The molecule has 0 saturated carbocycles. The van der Waals surface area contributed by atoms with Crippen molar-refractivity contribution >= 4 is 15.9 Å². The van der Waals surface area contributed by atoms with E-state index in [0.29, 0.717) is 0 Å². The number of alkyl halides is 1. The lowest BCUT2D eigenvalue weighted by molar-refractivity contribution is 0.189. The number of hydrogen-bond acceptors (Lipinski definition) is 1. The van der Waals surface area contributed by atoms with Gasteiger partial charge in [0.2, 0.25) is 0 Å². The Kier molecular flexibility index (Phi) is 3.15. The monoisotopic (exact) mass is 228 g/mol. The zero-order valence-corrected chi connectivity index (χ0v) is 8.97. The Labute approximate surface area is 81.9 Å². The molecule has 1 nitrogen and oxygen atoms in total. The molecule has 0 bridgehead atoms. The fraction of sp³-hybridized carbons (Fsp3) is 0.400. The molecule has 0 fully saturated rings. The summed E-state index contributed by atoms with van der Waals surface area (Å²) >= 11 is 3.50. The van der Waals surface area contributed by atoms with Crippen molar-refractivity contribution in [3.05, 3.63) is 30.3 Å². The fourth-order valence-electron chi connectivity index (χ4n) is 0.806. The first-order chi connectivity index (χ1) is 5.64. The highest BCUT2D eigenvalue weighted by molar-refractivity contribution is 9.10. The lowest BCUT2D eigenvalue weighted by Gasteiger charge is -2.22. The Morgan fingerprint density at radius 3 is 2.42 bits per heavy atom. The first kappa shape index (κ1) is 9.59. The normalized spacial score (nSPS) is 15.2. The molecule has 0 radical (unpaired) electrons. The van der Waals surface area contributed by atoms with Crippen LogP contribution < -0.4 is 4.74 Å². The minimum absolute atomic E-state index is 0.242. The number of benzene rings is 1. The van der Waals surface area contributed by atoms with Crippen molar-refractivity contribution in [1.29, 1.82) is 0 Å². The Hall–Kier alpha value is -0.500. The molecule has 2 heteroatoms. The average Bonchev–Trinajstić information content (AvgIpc) is 2.06. The Morgan fingerprint density at radius 1 is 1.33 bits per heavy atom. The van der Waals surface area contributed by atoms with Crippen LogP contribution in [-0.2, 0) is 0 Å². The van der Waals surface area contributed by atoms with E-state index in [1.165, 1.54) is 0 Å². The molecular formula is C10H13BrO. The van der Waals surface area contributed by atoms with E-state index in [2.05, 4.69) is 22.9 Å². The van der Waals surface area contributed by atoms with E-state index >= 15 is 0 Å². The van der Waals surface area contributed by atoms with Crippen LogP contribution in [0.15, 0.2) is 30.3 Å². The van der Waals surface area contributed by atoms with Crippen molar-refractivity contribution < 1.29 is 4.74 Å². The average molecular weight is 229 g/mol. The molecule has 1 aromatic rings. The highest BCUT2D eigenvalue weighted by atomic mass is 79.9. The summed E-state index contributed by atoms with van der Waals surface area (Å²) in [6.07, 6.45) is 0.932. The minimum atomic E-state index is -0.242. The SMILES string of the molecule is CCC(C)(Br)Oc1ccccc1. The van der Waals surface area contributed by atoms with Crippen molar-refractivity contribution in [3.8, 4) is 5.75 Å². The molecule has 12 heavy (non-hydrogen) atoms. The van der Waals surface area contributed by atoms with Crippen LogP contribution in [0.25, 0.3) is 0 Å². The standard InChI is InChI=1S/C10H13BrO/c1-3-10(2,11)12-9-7-5-4-6-8-9/h4-8H,3H2,1-2H3. The van der Waals surface area contributed by atoms with Gasteiger partial charge >= 0.3 is 0 Å². The summed E-state index contributed by atoms with van der Waals surface area (Å²) in [5, 5.41) is 0. The van der Waals surface area contributed by atoms with E-state index in [1.807, 2.05) is 37.3 Å². The third kappa shape index (κ3) is 2.86. The molecule has 66 valence electrons. The molecule has 0 spiro atoms. The molecule has 0 N–H and O–H groups in total. The van der Waals surface area contributed by atoms with E-state index in [9.17, 15) is 0 Å². The van der Waals surface area contributed by atoms with Gasteiger partial charge in [-0.15, -0.1) is 0 Å². The first-order valence-corrected chi connectivity index (χ1v) is 4.86. The third-order valence-electron chi connectivity index (χ3n) is 1.71. The van der Waals surface area contributed by atoms with Crippen LogP contribution in [0.3, 0.4) is 0 Å². The van der Waals surface area contributed by atoms with Crippen LogP contribution >= 0.6 is 15.9 Å². The molecule has 0 aromatic heterocycles. The number of ether oxygens (including phenoxy) is 1. The maximum absolute atomic E-state index is 5.67. The highest BCUT2D eigenvalue weighted by Gasteiger charge is 2.18. The van der Waals surface area contributed by atoms with Gasteiger partial charge in [0.05, 0.1) is 0 Å². The summed E-state index contributed by atoms with van der Waals surface area (Å²) in [6.45, 7) is 4.09. The number of hydrogen-bond donors (Lipinski definition) is 0. The third-order valence-corrected chi connectivity index (χ3v) is 2.43. The van der Waals surface area contributed by atoms with Gasteiger partial charge in [0.1, 0.15) is 5.75 Å². The Balaban J connectivity index is 2.64. The van der Waals surface area contributed by atoms with E-state index in [4.69, 9.17) is 4.74 Å². The second-order valence-corrected chi connectivity index (χ2v) is 4.55. The molecule has 0 aliphatic heterocycles. The minimum Gasteiger partial charge on any atom is -0.476 e. The van der Waals surface area contributed by atoms with Crippen LogP contribution in [0.2, 0.25) is 0 Å². The largest absolute Gasteiger partial charge is 0.476 e. The van der Waals surface area contributed by atoms with Gasteiger partial charge in [-0.3, -0.25) is 0 Å². The molecule has 0 aliphatic rings. The van der Waals surface area contributed by atoms with Crippen LogP contribution in [0.5, 0.6) is 5.75 Å². The first-order valence-electron chi connectivity index (χ1n) is 4.07. The summed E-state index contributed by atoms with van der Waals surface area (Å²) in [5.74, 6) is 0.902. The van der Waals surface area contributed by atoms with Crippen molar-refractivity contribution in [1.82, 2.24) is 0 Å². The fourth-order valence-corrected chi connectivity index (χ4v) is 0.993. The molecule has 0 amide bonds. The van der Waals surface area contributed by atoms with Gasteiger partial charge < -0.3 is 4.74 Å². The predicted octanol–water partition coefficient (Wildman–Crippen LogP) is 3.59. The molecule has 1 atom stereocenters. The van der Waals surface area contributed by atoms with Gasteiger partial charge in [-0.05, 0) is 41.4 Å². The maximum Gasteiger partial charge on any atom is 0.160 e. The van der Waals surface area contributed by atoms with Crippen LogP contribution in [0.4, 0.5) is 0 Å². The molecule has 0 saturated heterocycles. The second-order valence-electron chi connectivity index (χ2n) is 2.87. The van der Waals surface area contributed by atoms with E-state index in [1.54, 1.807) is 0 Å². The van der Waals surface area contributed by atoms with Gasteiger partial charge in [-0.2, -0.15) is 0 Å².